The summed E-state index contributed by atoms with van der Waals surface area (Å²) in [6, 6.07) is 32.1. The number of urea groups is 1. The molecule has 1 aliphatic rings. The zero-order valence-corrected chi connectivity index (χ0v) is 29.0. The van der Waals surface area contributed by atoms with E-state index in [1.165, 1.54) is 7.11 Å². The zero-order valence-electron chi connectivity index (χ0n) is 29.0. The number of nitrogens with zero attached hydrogens (tertiary/aromatic N) is 1. The van der Waals surface area contributed by atoms with Crippen molar-refractivity contribution in [3.8, 4) is 11.1 Å². The van der Waals surface area contributed by atoms with E-state index in [1.54, 1.807) is 0 Å². The minimum atomic E-state index is -0.820. The number of methoxy groups -OCH3 is 1. The molecule has 0 spiro atoms. The summed E-state index contributed by atoms with van der Waals surface area (Å²) in [4.78, 5) is 27.6. The number of hydrogen-bond acceptors (Lipinski definition) is 7. The first-order valence-electron chi connectivity index (χ1n) is 16.9. The van der Waals surface area contributed by atoms with E-state index in [0.717, 1.165) is 52.0 Å². The summed E-state index contributed by atoms with van der Waals surface area (Å²) in [5, 5.41) is 15.2. The summed E-state index contributed by atoms with van der Waals surface area (Å²) in [6.07, 6.45) is 1.33. The van der Waals surface area contributed by atoms with Crippen LogP contribution in [-0.4, -0.2) is 61.4 Å². The van der Waals surface area contributed by atoms with E-state index in [1.807, 2.05) is 109 Å². The predicted molar refractivity (Wildman–Crippen MR) is 194 cm³/mol. The average Bonchev–Trinajstić information content (AvgIpc) is 3.15. The van der Waals surface area contributed by atoms with Crippen molar-refractivity contribution in [3.63, 3.8) is 0 Å². The molecule has 1 aliphatic heterocycles. The van der Waals surface area contributed by atoms with E-state index in [2.05, 4.69) is 36.1 Å². The van der Waals surface area contributed by atoms with Gasteiger partial charge in [-0.2, -0.15) is 0 Å². The van der Waals surface area contributed by atoms with Crippen LogP contribution in [0.25, 0.3) is 11.1 Å². The van der Waals surface area contributed by atoms with Gasteiger partial charge < -0.3 is 34.9 Å². The standard InChI is InChI=1S/C41H47N3O6/c1-5-23-44(3)26-37-28(2)38(32-17-15-30(27-45)16-18-32)50-40(49-37)33-21-19-31(20-22-33)35-14-10-9-13-34(35)25-42-41(47)43-36(39(46)48-4)24-29-11-7-6-8-12-29/h5-22,28,36-38,40,45H,1,23-27H2,2-4H3,(H2,42,43,47). The lowest BCUT2D eigenvalue weighted by Gasteiger charge is -2.42. The smallest absolute Gasteiger partial charge is 0.328 e. The molecule has 50 heavy (non-hydrogen) atoms. The number of rotatable bonds is 14. The van der Waals surface area contributed by atoms with Gasteiger partial charge in [0.15, 0.2) is 6.29 Å². The van der Waals surface area contributed by atoms with Crippen molar-refractivity contribution in [1.82, 2.24) is 15.5 Å². The Morgan fingerprint density at radius 1 is 0.920 bits per heavy atom. The molecule has 262 valence electrons. The van der Waals surface area contributed by atoms with E-state index in [9.17, 15) is 14.7 Å². The minimum absolute atomic E-state index is 0.00851. The number of amides is 2. The molecule has 1 saturated heterocycles. The molecule has 0 saturated carbocycles. The van der Waals surface area contributed by atoms with Crippen molar-refractivity contribution in [1.29, 1.82) is 0 Å². The fourth-order valence-electron chi connectivity index (χ4n) is 6.28. The first-order valence-corrected chi connectivity index (χ1v) is 16.9. The second-order valence-electron chi connectivity index (χ2n) is 12.7. The number of aliphatic hydroxyl groups excluding tert-OH is 1. The van der Waals surface area contributed by atoms with Crippen LogP contribution >= 0.6 is 0 Å². The predicted octanol–water partition coefficient (Wildman–Crippen LogP) is 6.34. The summed E-state index contributed by atoms with van der Waals surface area (Å²) >= 11 is 0. The Balaban J connectivity index is 1.29. The Kier molecular flexibility index (Phi) is 12.9. The summed E-state index contributed by atoms with van der Waals surface area (Å²) < 4.78 is 18.2. The van der Waals surface area contributed by atoms with Gasteiger partial charge in [-0.15, -0.1) is 6.58 Å². The SMILES string of the molecule is C=CCN(C)CC1OC(c2ccc(-c3ccccc3CNC(=O)NC(Cc3ccccc3)C(=O)OC)cc2)OC(c2ccc(CO)cc2)C1C. The summed E-state index contributed by atoms with van der Waals surface area (Å²) in [6.45, 7) is 7.75. The Labute approximate surface area is 294 Å². The topological polar surface area (TPSA) is 109 Å². The van der Waals surface area contributed by atoms with Crippen LogP contribution in [0.4, 0.5) is 4.79 Å². The summed E-state index contributed by atoms with van der Waals surface area (Å²) in [7, 11) is 3.37. The number of nitrogens with one attached hydrogen (secondary N) is 2. The number of carbonyl (C=O) groups excluding carboxylic acids is 2. The Morgan fingerprint density at radius 2 is 1.60 bits per heavy atom. The van der Waals surface area contributed by atoms with Gasteiger partial charge in [-0.05, 0) is 40.4 Å². The van der Waals surface area contributed by atoms with Crippen LogP contribution in [0.5, 0.6) is 0 Å². The molecule has 5 atom stereocenters. The molecule has 0 radical (unpaired) electrons. The van der Waals surface area contributed by atoms with Gasteiger partial charge in [0, 0.05) is 37.5 Å². The lowest BCUT2D eigenvalue weighted by molar-refractivity contribution is -0.275. The maximum atomic E-state index is 12.9. The molecule has 0 aliphatic carbocycles. The summed E-state index contributed by atoms with van der Waals surface area (Å²) in [5.74, 6) is -0.429. The summed E-state index contributed by atoms with van der Waals surface area (Å²) in [5.41, 5.74) is 6.58. The molecule has 4 aromatic rings. The number of benzene rings is 4. The second kappa shape index (κ2) is 17.7. The fourth-order valence-corrected chi connectivity index (χ4v) is 6.28. The Morgan fingerprint density at radius 3 is 2.28 bits per heavy atom. The molecular weight excluding hydrogens is 630 g/mol. The van der Waals surface area contributed by atoms with Crippen molar-refractivity contribution < 1.29 is 28.9 Å². The average molecular weight is 678 g/mol. The van der Waals surface area contributed by atoms with E-state index in [0.29, 0.717) is 6.42 Å². The van der Waals surface area contributed by atoms with Crippen molar-refractivity contribution >= 4 is 12.0 Å². The highest BCUT2D eigenvalue weighted by atomic mass is 16.7. The first kappa shape index (κ1) is 36.5. The molecule has 9 nitrogen and oxygen atoms in total. The van der Waals surface area contributed by atoms with Crippen LogP contribution in [0, 0.1) is 5.92 Å². The van der Waals surface area contributed by atoms with Crippen LogP contribution in [0.2, 0.25) is 0 Å². The zero-order chi connectivity index (χ0) is 35.5. The number of hydrogen-bond donors (Lipinski definition) is 3. The van der Waals surface area contributed by atoms with Gasteiger partial charge >= 0.3 is 12.0 Å². The van der Waals surface area contributed by atoms with Gasteiger partial charge in [0.2, 0.25) is 0 Å². The van der Waals surface area contributed by atoms with Gasteiger partial charge in [-0.1, -0.05) is 116 Å². The monoisotopic (exact) mass is 677 g/mol. The highest BCUT2D eigenvalue weighted by Gasteiger charge is 2.38. The van der Waals surface area contributed by atoms with Crippen molar-refractivity contribution in [2.75, 3.05) is 27.2 Å². The number of carbonyl (C=O) groups is 2. The van der Waals surface area contributed by atoms with Crippen LogP contribution in [0.1, 0.15) is 47.1 Å². The van der Waals surface area contributed by atoms with E-state index < -0.39 is 24.3 Å². The quantitative estimate of drug-likeness (QED) is 0.106. The van der Waals surface area contributed by atoms with Gasteiger partial charge in [-0.3, -0.25) is 0 Å². The van der Waals surface area contributed by atoms with Crippen LogP contribution in [-0.2, 0) is 38.6 Å². The Hall–Kier alpha value is -4.80. The fraction of sp³-hybridized carbons (Fsp3) is 0.317. The molecule has 4 aromatic carbocycles. The third kappa shape index (κ3) is 9.46. The van der Waals surface area contributed by atoms with Gasteiger partial charge in [0.25, 0.3) is 0 Å². The van der Waals surface area contributed by atoms with Gasteiger partial charge in [0.05, 0.1) is 25.9 Å². The molecule has 2 amide bonds. The van der Waals surface area contributed by atoms with Crippen LogP contribution < -0.4 is 10.6 Å². The van der Waals surface area contributed by atoms with E-state index in [4.69, 9.17) is 14.2 Å². The van der Waals surface area contributed by atoms with Gasteiger partial charge in [0.1, 0.15) is 6.04 Å². The molecular formula is C41H47N3O6. The van der Waals surface area contributed by atoms with E-state index >= 15 is 0 Å². The van der Waals surface area contributed by atoms with E-state index in [-0.39, 0.29) is 31.3 Å². The third-order valence-electron chi connectivity index (χ3n) is 9.08. The number of ether oxygens (including phenoxy) is 3. The Bertz CT molecular complexity index is 1700. The molecule has 5 rings (SSSR count). The van der Waals surface area contributed by atoms with Crippen molar-refractivity contribution in [2.24, 2.45) is 5.92 Å². The lowest BCUT2D eigenvalue weighted by Crippen LogP contribution is -2.47. The highest BCUT2D eigenvalue weighted by Crippen LogP contribution is 2.42. The second-order valence-corrected chi connectivity index (χ2v) is 12.7. The maximum absolute atomic E-state index is 12.9. The maximum Gasteiger partial charge on any atom is 0.328 e. The van der Waals surface area contributed by atoms with Crippen LogP contribution in [0.15, 0.2) is 116 Å². The normalized spacial score (nSPS) is 19.4. The van der Waals surface area contributed by atoms with Crippen molar-refractivity contribution in [2.45, 2.75) is 51.0 Å². The molecule has 1 fully saturated rings. The molecule has 5 unspecified atom stereocenters. The molecule has 0 aromatic heterocycles. The minimum Gasteiger partial charge on any atom is -0.467 e. The number of likely N-dealkylation sites (N-methyl/N-ethyl adjacent to an activating group) is 1. The molecule has 1 heterocycles. The lowest BCUT2D eigenvalue weighted by atomic mass is 9.90. The number of esters is 1. The number of aliphatic hydroxyl groups is 1. The molecule has 9 heteroatoms. The first-order chi connectivity index (χ1) is 24.3. The largest absolute Gasteiger partial charge is 0.467 e. The highest BCUT2D eigenvalue weighted by molar-refractivity contribution is 5.84. The third-order valence-corrected chi connectivity index (χ3v) is 9.08. The van der Waals surface area contributed by atoms with Crippen molar-refractivity contribution in [3.05, 3.63) is 144 Å². The van der Waals surface area contributed by atoms with Crippen LogP contribution in [0.3, 0.4) is 0 Å². The molecule has 0 bridgehead atoms. The van der Waals surface area contributed by atoms with Gasteiger partial charge in [-0.25, -0.2) is 9.59 Å². The molecule has 3 N–H and O–H groups in total.